The average Bonchev–Trinajstić information content (AvgIpc) is 2.94. The van der Waals surface area contributed by atoms with Crippen molar-refractivity contribution in [2.24, 2.45) is 0 Å². The Labute approximate surface area is 149 Å². The Hall–Kier alpha value is -2.05. The van der Waals surface area contributed by atoms with Crippen LogP contribution in [0.5, 0.6) is 0 Å². The molecule has 7 heteroatoms. The highest BCUT2D eigenvalue weighted by molar-refractivity contribution is 7.98. The molecule has 2 aromatic carbocycles. The van der Waals surface area contributed by atoms with Crippen LogP contribution in [-0.2, 0) is 12.3 Å². The smallest absolute Gasteiger partial charge is 0.210 e. The lowest BCUT2D eigenvalue weighted by atomic mass is 10.2. The monoisotopic (exact) mass is 362 g/mol. The number of hydrogen-bond donors (Lipinski definition) is 1. The lowest BCUT2D eigenvalue weighted by Crippen LogP contribution is -2.17. The molecular weight excluding hydrogens is 347 g/mol. The van der Waals surface area contributed by atoms with E-state index in [1.54, 1.807) is 23.9 Å². The molecule has 0 bridgehead atoms. The van der Waals surface area contributed by atoms with Crippen molar-refractivity contribution in [2.45, 2.75) is 24.4 Å². The van der Waals surface area contributed by atoms with Crippen molar-refractivity contribution in [2.75, 3.05) is 5.43 Å². The quantitative estimate of drug-likeness (QED) is 0.659. The molecule has 0 fully saturated rings. The third kappa shape index (κ3) is 4.07. The predicted molar refractivity (Wildman–Crippen MR) is 95.2 cm³/mol. The predicted octanol–water partition coefficient (Wildman–Crippen LogP) is 4.42. The van der Waals surface area contributed by atoms with Gasteiger partial charge >= 0.3 is 0 Å². The number of rotatable bonds is 6. The van der Waals surface area contributed by atoms with E-state index in [9.17, 15) is 4.39 Å². The van der Waals surface area contributed by atoms with Crippen LogP contribution >= 0.6 is 23.4 Å². The highest BCUT2D eigenvalue weighted by Gasteiger charge is 2.10. The lowest BCUT2D eigenvalue weighted by Gasteiger charge is -2.11. The molecule has 0 aliphatic carbocycles. The van der Waals surface area contributed by atoms with E-state index in [0.29, 0.717) is 12.3 Å². The van der Waals surface area contributed by atoms with Gasteiger partial charge in [0.05, 0.1) is 6.54 Å². The number of nitrogens with one attached hydrogen (secondary N) is 1. The summed E-state index contributed by atoms with van der Waals surface area (Å²) in [5.41, 5.74) is 5.29. The molecule has 3 rings (SSSR count). The van der Waals surface area contributed by atoms with Gasteiger partial charge in [-0.1, -0.05) is 53.7 Å². The van der Waals surface area contributed by atoms with Crippen molar-refractivity contribution < 1.29 is 4.39 Å². The van der Waals surface area contributed by atoms with Crippen molar-refractivity contribution >= 4 is 23.4 Å². The Morgan fingerprint density at radius 2 is 1.88 bits per heavy atom. The second kappa shape index (κ2) is 7.68. The van der Waals surface area contributed by atoms with E-state index in [1.165, 1.54) is 12.1 Å². The first kappa shape index (κ1) is 16.8. The number of thioether (sulfide) groups is 1. The normalized spacial score (nSPS) is 10.8. The standard InChI is InChI=1S/C17H16ClFN4S/c1-12-21-22-17(24-11-14-4-2-3-5-16(14)18)23(12)20-10-13-6-8-15(19)9-7-13/h2-9,20H,10-11H2,1H3. The average molecular weight is 363 g/mol. The van der Waals surface area contributed by atoms with Gasteiger partial charge in [-0.15, -0.1) is 10.2 Å². The topological polar surface area (TPSA) is 42.7 Å². The molecule has 0 radical (unpaired) electrons. The Bertz CT molecular complexity index is 820. The summed E-state index contributed by atoms with van der Waals surface area (Å²) in [7, 11) is 0. The zero-order chi connectivity index (χ0) is 16.9. The van der Waals surface area contributed by atoms with Gasteiger partial charge in [-0.05, 0) is 36.2 Å². The van der Waals surface area contributed by atoms with Crippen LogP contribution in [-0.4, -0.2) is 14.9 Å². The molecule has 0 saturated carbocycles. The molecule has 0 aliphatic heterocycles. The number of aromatic nitrogens is 3. The minimum atomic E-state index is -0.241. The fourth-order valence-corrected chi connectivity index (χ4v) is 3.39. The van der Waals surface area contributed by atoms with Gasteiger partial charge in [-0.2, -0.15) is 0 Å². The van der Waals surface area contributed by atoms with Gasteiger partial charge in [-0.25, -0.2) is 9.07 Å². The van der Waals surface area contributed by atoms with Crippen LogP contribution in [0.15, 0.2) is 53.7 Å². The molecule has 0 atom stereocenters. The molecular formula is C17H16ClFN4S. The summed E-state index contributed by atoms with van der Waals surface area (Å²) >= 11 is 7.74. The van der Waals surface area contributed by atoms with Crippen LogP contribution in [0.1, 0.15) is 17.0 Å². The number of benzene rings is 2. The summed E-state index contributed by atoms with van der Waals surface area (Å²) in [6, 6.07) is 14.1. The van der Waals surface area contributed by atoms with Crippen LogP contribution in [0.25, 0.3) is 0 Å². The molecule has 0 spiro atoms. The maximum atomic E-state index is 13.0. The van der Waals surface area contributed by atoms with Gasteiger partial charge in [0.25, 0.3) is 0 Å². The van der Waals surface area contributed by atoms with Crippen molar-refractivity contribution in [3.63, 3.8) is 0 Å². The molecule has 0 amide bonds. The van der Waals surface area contributed by atoms with E-state index in [-0.39, 0.29) is 5.82 Å². The SMILES string of the molecule is Cc1nnc(SCc2ccccc2Cl)n1NCc1ccc(F)cc1. The molecule has 1 heterocycles. The zero-order valence-electron chi connectivity index (χ0n) is 13.0. The van der Waals surface area contributed by atoms with E-state index < -0.39 is 0 Å². The molecule has 4 nitrogen and oxygen atoms in total. The summed E-state index contributed by atoms with van der Waals surface area (Å²) < 4.78 is 14.8. The molecule has 3 aromatic rings. The van der Waals surface area contributed by atoms with E-state index >= 15 is 0 Å². The molecule has 0 saturated heterocycles. The minimum absolute atomic E-state index is 0.241. The molecule has 1 aromatic heterocycles. The molecule has 1 N–H and O–H groups in total. The van der Waals surface area contributed by atoms with E-state index in [0.717, 1.165) is 27.1 Å². The highest BCUT2D eigenvalue weighted by atomic mass is 35.5. The Kier molecular flexibility index (Phi) is 5.37. The van der Waals surface area contributed by atoms with Crippen LogP contribution in [0.2, 0.25) is 5.02 Å². The van der Waals surface area contributed by atoms with Gasteiger partial charge in [-0.3, -0.25) is 0 Å². The summed E-state index contributed by atoms with van der Waals surface area (Å²) in [6.07, 6.45) is 0. The third-order valence-corrected chi connectivity index (χ3v) is 4.81. The summed E-state index contributed by atoms with van der Waals surface area (Å²) in [5, 5.41) is 9.81. The van der Waals surface area contributed by atoms with Gasteiger partial charge in [0.2, 0.25) is 5.16 Å². The van der Waals surface area contributed by atoms with Crippen molar-refractivity contribution in [3.05, 3.63) is 76.3 Å². The lowest BCUT2D eigenvalue weighted by molar-refractivity contribution is 0.626. The summed E-state index contributed by atoms with van der Waals surface area (Å²) in [6.45, 7) is 2.43. The van der Waals surface area contributed by atoms with Crippen molar-refractivity contribution in [3.8, 4) is 0 Å². The second-order valence-corrected chi connectivity index (χ2v) is 6.56. The first-order valence-electron chi connectivity index (χ1n) is 7.40. The van der Waals surface area contributed by atoms with E-state index in [1.807, 2.05) is 35.9 Å². The number of halogens is 2. The van der Waals surface area contributed by atoms with Crippen LogP contribution in [0, 0.1) is 12.7 Å². The second-order valence-electron chi connectivity index (χ2n) is 5.21. The van der Waals surface area contributed by atoms with E-state index in [2.05, 4.69) is 15.6 Å². The Morgan fingerprint density at radius 3 is 2.62 bits per heavy atom. The summed E-state index contributed by atoms with van der Waals surface area (Å²) in [4.78, 5) is 0. The van der Waals surface area contributed by atoms with Crippen molar-refractivity contribution in [1.82, 2.24) is 14.9 Å². The molecule has 0 unspecified atom stereocenters. The van der Waals surface area contributed by atoms with E-state index in [4.69, 9.17) is 11.6 Å². The van der Waals surface area contributed by atoms with Crippen molar-refractivity contribution in [1.29, 1.82) is 0 Å². The van der Waals surface area contributed by atoms with Crippen LogP contribution < -0.4 is 5.43 Å². The fourth-order valence-electron chi connectivity index (χ4n) is 2.15. The van der Waals surface area contributed by atoms with Gasteiger partial charge < -0.3 is 5.43 Å². The highest BCUT2D eigenvalue weighted by Crippen LogP contribution is 2.25. The van der Waals surface area contributed by atoms with Gasteiger partial charge in [0.15, 0.2) is 0 Å². The number of nitrogens with zero attached hydrogens (tertiary/aromatic N) is 3. The van der Waals surface area contributed by atoms with Gasteiger partial charge in [0.1, 0.15) is 11.6 Å². The molecule has 124 valence electrons. The zero-order valence-corrected chi connectivity index (χ0v) is 14.6. The minimum Gasteiger partial charge on any atom is -0.318 e. The molecule has 0 aliphatic rings. The van der Waals surface area contributed by atoms with Crippen LogP contribution in [0.4, 0.5) is 4.39 Å². The largest absolute Gasteiger partial charge is 0.318 e. The number of aryl methyl sites for hydroxylation is 1. The Morgan fingerprint density at radius 1 is 1.12 bits per heavy atom. The number of hydrogen-bond acceptors (Lipinski definition) is 4. The fraction of sp³-hybridized carbons (Fsp3) is 0.176. The van der Waals surface area contributed by atoms with Gasteiger partial charge in [0, 0.05) is 10.8 Å². The van der Waals surface area contributed by atoms with Crippen LogP contribution in [0.3, 0.4) is 0 Å². The first-order chi connectivity index (χ1) is 11.6. The summed E-state index contributed by atoms with van der Waals surface area (Å²) in [5.74, 6) is 1.23. The molecule has 24 heavy (non-hydrogen) atoms. The first-order valence-corrected chi connectivity index (χ1v) is 8.76. The maximum absolute atomic E-state index is 13.0. The Balaban J connectivity index is 1.67. The third-order valence-electron chi connectivity index (χ3n) is 3.46. The maximum Gasteiger partial charge on any atom is 0.210 e.